The summed E-state index contributed by atoms with van der Waals surface area (Å²) in [5, 5.41) is 18.4. The van der Waals surface area contributed by atoms with Crippen molar-refractivity contribution in [3.63, 3.8) is 0 Å². The number of Topliss-reactive ketones (excluding diaryl/α,β-unsaturated/α-hetero) is 1. The predicted octanol–water partition coefficient (Wildman–Crippen LogP) is 0.401. The summed E-state index contributed by atoms with van der Waals surface area (Å²) in [6.45, 7) is 1.67. The fraction of sp³-hybridized carbons (Fsp3) is 0.444. The third kappa shape index (κ3) is 1.10. The molecule has 2 unspecified atom stereocenters. The summed E-state index contributed by atoms with van der Waals surface area (Å²) in [4.78, 5) is 11.0. The zero-order valence-electron chi connectivity index (χ0n) is 6.74. The highest BCUT2D eigenvalue weighted by Gasteiger charge is 2.37. The summed E-state index contributed by atoms with van der Waals surface area (Å²) < 4.78 is 0. The van der Waals surface area contributed by atoms with Gasteiger partial charge < -0.3 is 10.2 Å². The van der Waals surface area contributed by atoms with Crippen molar-refractivity contribution in [2.45, 2.75) is 19.4 Å². The van der Waals surface area contributed by atoms with Crippen molar-refractivity contribution in [2.24, 2.45) is 5.92 Å². The Bertz CT molecular complexity index is 283. The van der Waals surface area contributed by atoms with Crippen molar-refractivity contribution in [1.29, 1.82) is 0 Å². The number of rotatable bonds is 1. The van der Waals surface area contributed by atoms with E-state index >= 15 is 0 Å². The van der Waals surface area contributed by atoms with Gasteiger partial charge in [0, 0.05) is 12.3 Å². The Hall–Kier alpha value is -1.27. The van der Waals surface area contributed by atoms with E-state index < -0.39 is 11.9 Å². The van der Waals surface area contributed by atoms with Crippen LogP contribution in [0.25, 0.3) is 0 Å². The van der Waals surface area contributed by atoms with Gasteiger partial charge in [0.25, 0.3) is 0 Å². The lowest BCUT2D eigenvalue weighted by atomic mass is 9.99. The van der Waals surface area contributed by atoms with E-state index in [0.717, 1.165) is 0 Å². The van der Waals surface area contributed by atoms with Gasteiger partial charge in [-0.05, 0) is 5.57 Å². The molecule has 0 aromatic heterocycles. The van der Waals surface area contributed by atoms with Gasteiger partial charge in [0.2, 0.25) is 5.78 Å². The molecule has 0 radical (unpaired) electrons. The van der Waals surface area contributed by atoms with Crippen molar-refractivity contribution >= 4 is 5.78 Å². The number of hydrogen-bond donors (Lipinski definition) is 2. The van der Waals surface area contributed by atoms with E-state index in [1.165, 1.54) is 0 Å². The number of aliphatic hydroxyl groups excluding tert-OH is 2. The topological polar surface area (TPSA) is 57.5 Å². The Morgan fingerprint density at radius 3 is 2.58 bits per heavy atom. The van der Waals surface area contributed by atoms with Crippen LogP contribution in [0.5, 0.6) is 0 Å². The maximum atomic E-state index is 11.0. The summed E-state index contributed by atoms with van der Waals surface area (Å²) >= 11 is 0. The number of hydrogen-bond acceptors (Lipinski definition) is 3. The van der Waals surface area contributed by atoms with E-state index in [1.54, 1.807) is 6.92 Å². The second kappa shape index (κ2) is 3.00. The van der Waals surface area contributed by atoms with Gasteiger partial charge in [0.05, 0.1) is 0 Å². The highest BCUT2D eigenvalue weighted by molar-refractivity contribution is 6.00. The van der Waals surface area contributed by atoms with Crippen LogP contribution in [0.1, 0.15) is 13.3 Å². The summed E-state index contributed by atoms with van der Waals surface area (Å²) in [7, 11) is 0. The molecule has 0 fully saturated rings. The van der Waals surface area contributed by atoms with Gasteiger partial charge in [-0.3, -0.25) is 4.79 Å². The normalized spacial score (nSPS) is 29.2. The number of terminal acetylenes is 1. The van der Waals surface area contributed by atoms with Gasteiger partial charge in [-0.15, -0.1) is 12.3 Å². The lowest BCUT2D eigenvalue weighted by Crippen LogP contribution is -2.21. The minimum absolute atomic E-state index is 0.218. The molecule has 3 heteroatoms. The van der Waals surface area contributed by atoms with Crippen LogP contribution in [0.15, 0.2) is 11.3 Å². The van der Waals surface area contributed by atoms with E-state index in [2.05, 4.69) is 5.92 Å². The van der Waals surface area contributed by atoms with E-state index in [4.69, 9.17) is 6.42 Å². The smallest absolute Gasteiger partial charge is 0.226 e. The summed E-state index contributed by atoms with van der Waals surface area (Å²) in [5.41, 5.74) is 0.468. The maximum absolute atomic E-state index is 11.0. The van der Waals surface area contributed by atoms with Gasteiger partial charge >= 0.3 is 0 Å². The van der Waals surface area contributed by atoms with Gasteiger partial charge in [-0.25, -0.2) is 0 Å². The number of ketones is 1. The summed E-state index contributed by atoms with van der Waals surface area (Å²) in [5.74, 6) is 1.01. The van der Waals surface area contributed by atoms with Gasteiger partial charge in [0.1, 0.15) is 6.10 Å². The molecular weight excluding hydrogens is 156 g/mol. The fourth-order valence-corrected chi connectivity index (χ4v) is 1.29. The third-order valence-corrected chi connectivity index (χ3v) is 2.12. The van der Waals surface area contributed by atoms with Crippen LogP contribution in [0.4, 0.5) is 0 Å². The highest BCUT2D eigenvalue weighted by Crippen LogP contribution is 2.29. The molecule has 2 atom stereocenters. The van der Waals surface area contributed by atoms with Gasteiger partial charge in [-0.2, -0.15) is 0 Å². The first kappa shape index (κ1) is 8.82. The second-order valence-corrected chi connectivity index (χ2v) is 2.85. The molecule has 64 valence electrons. The van der Waals surface area contributed by atoms with Crippen LogP contribution >= 0.6 is 0 Å². The Morgan fingerprint density at radius 2 is 2.25 bits per heavy atom. The average molecular weight is 166 g/mol. The summed E-state index contributed by atoms with van der Waals surface area (Å²) in [6.07, 6.45) is 4.14. The first-order valence-electron chi connectivity index (χ1n) is 3.67. The molecule has 0 saturated carbocycles. The first-order chi connectivity index (χ1) is 5.59. The molecule has 0 aromatic rings. The largest absolute Gasteiger partial charge is 0.504 e. The number of aliphatic hydroxyl groups is 2. The van der Waals surface area contributed by atoms with Gasteiger partial charge in [-0.1, -0.05) is 6.92 Å². The molecule has 1 rings (SSSR count). The zero-order chi connectivity index (χ0) is 9.30. The molecule has 0 aromatic carbocycles. The first-order valence-corrected chi connectivity index (χ1v) is 3.67. The van der Waals surface area contributed by atoms with Crippen LogP contribution in [-0.4, -0.2) is 22.1 Å². The van der Waals surface area contributed by atoms with E-state index in [0.29, 0.717) is 5.57 Å². The van der Waals surface area contributed by atoms with Crippen molar-refractivity contribution in [3.05, 3.63) is 11.3 Å². The maximum Gasteiger partial charge on any atom is 0.226 e. The Kier molecular flexibility index (Phi) is 2.20. The number of carbonyl (C=O) groups is 1. The SMILES string of the molecule is C#CCC1=C(O)C(=O)C(O)C1C. The minimum atomic E-state index is -1.12. The lowest BCUT2D eigenvalue weighted by Gasteiger charge is -2.08. The quantitative estimate of drug-likeness (QED) is 0.554. The molecular formula is C9H10O3. The van der Waals surface area contributed by atoms with Crippen molar-refractivity contribution in [1.82, 2.24) is 0 Å². The molecule has 1 aliphatic rings. The molecule has 0 aliphatic heterocycles. The molecule has 0 heterocycles. The molecule has 1 aliphatic carbocycles. The third-order valence-electron chi connectivity index (χ3n) is 2.12. The molecule has 2 N–H and O–H groups in total. The molecule has 0 spiro atoms. The minimum Gasteiger partial charge on any atom is -0.504 e. The standard InChI is InChI=1S/C9H10O3/c1-3-4-6-5(2)7(10)9(12)8(6)11/h1,5,7,10-11H,4H2,2H3. The Labute approximate surface area is 70.7 Å². The van der Waals surface area contributed by atoms with E-state index in [-0.39, 0.29) is 18.1 Å². The van der Waals surface area contributed by atoms with Crippen molar-refractivity contribution in [3.8, 4) is 12.3 Å². The van der Waals surface area contributed by atoms with Gasteiger partial charge in [0.15, 0.2) is 5.76 Å². The van der Waals surface area contributed by atoms with Crippen LogP contribution in [0.2, 0.25) is 0 Å². The molecule has 0 bridgehead atoms. The van der Waals surface area contributed by atoms with Crippen molar-refractivity contribution in [2.75, 3.05) is 0 Å². The fourth-order valence-electron chi connectivity index (χ4n) is 1.29. The van der Waals surface area contributed by atoms with Crippen LogP contribution in [0.3, 0.4) is 0 Å². The zero-order valence-corrected chi connectivity index (χ0v) is 6.74. The van der Waals surface area contributed by atoms with E-state index in [1.807, 2.05) is 0 Å². The average Bonchev–Trinajstić information content (AvgIpc) is 2.23. The predicted molar refractivity (Wildman–Crippen MR) is 43.3 cm³/mol. The molecule has 0 amide bonds. The van der Waals surface area contributed by atoms with Crippen LogP contribution < -0.4 is 0 Å². The van der Waals surface area contributed by atoms with Crippen LogP contribution in [0, 0.1) is 18.3 Å². The number of carbonyl (C=O) groups excluding carboxylic acids is 1. The Balaban J connectivity index is 2.98. The Morgan fingerprint density at radius 1 is 1.67 bits per heavy atom. The van der Waals surface area contributed by atoms with Crippen LogP contribution in [-0.2, 0) is 4.79 Å². The second-order valence-electron chi connectivity index (χ2n) is 2.85. The lowest BCUT2D eigenvalue weighted by molar-refractivity contribution is -0.125. The molecule has 12 heavy (non-hydrogen) atoms. The van der Waals surface area contributed by atoms with Crippen molar-refractivity contribution < 1.29 is 15.0 Å². The molecule has 0 saturated heterocycles. The monoisotopic (exact) mass is 166 g/mol. The summed E-state index contributed by atoms with van der Waals surface area (Å²) in [6, 6.07) is 0. The molecule has 3 nitrogen and oxygen atoms in total. The van der Waals surface area contributed by atoms with E-state index in [9.17, 15) is 15.0 Å². The highest BCUT2D eigenvalue weighted by atomic mass is 16.3.